The third kappa shape index (κ3) is 4.37. The van der Waals surface area contributed by atoms with E-state index in [1.165, 1.54) is 19.1 Å². The van der Waals surface area contributed by atoms with Crippen molar-refractivity contribution in [1.82, 2.24) is 0 Å². The van der Waals surface area contributed by atoms with Crippen molar-refractivity contribution in [1.29, 1.82) is 0 Å². The third-order valence-corrected chi connectivity index (χ3v) is 3.87. The maximum absolute atomic E-state index is 12.0. The zero-order chi connectivity index (χ0) is 15.0. The Bertz CT molecular complexity index is 615. The van der Waals surface area contributed by atoms with E-state index in [1.54, 1.807) is 20.8 Å². The first-order chi connectivity index (χ1) is 8.42. The van der Waals surface area contributed by atoms with E-state index in [4.69, 9.17) is 27.0 Å². The van der Waals surface area contributed by atoms with Gasteiger partial charge in [-0.2, -0.15) is 0 Å². The summed E-state index contributed by atoms with van der Waals surface area (Å²) < 4.78 is 28.0. The first-order valence-corrected chi connectivity index (χ1v) is 8.09. The molecule has 0 aliphatic rings. The number of carbonyl (C=O) groups is 1. The molecule has 7 heteroatoms. The quantitative estimate of drug-likeness (QED) is 0.616. The molecule has 106 valence electrons. The van der Waals surface area contributed by atoms with E-state index in [9.17, 15) is 13.2 Å². The number of ether oxygens (including phenoxy) is 1. The minimum absolute atomic E-state index is 0.0849. The summed E-state index contributed by atoms with van der Waals surface area (Å²) in [5.41, 5.74) is -0.387. The molecule has 1 aromatic rings. The van der Waals surface area contributed by atoms with Crippen LogP contribution >= 0.6 is 22.3 Å². The zero-order valence-electron chi connectivity index (χ0n) is 11.0. The van der Waals surface area contributed by atoms with E-state index in [-0.39, 0.29) is 21.0 Å². The third-order valence-electron chi connectivity index (χ3n) is 2.21. The molecule has 0 unspecified atom stereocenters. The summed E-state index contributed by atoms with van der Waals surface area (Å²) in [4.78, 5) is 11.8. The molecule has 19 heavy (non-hydrogen) atoms. The molecule has 1 aromatic carbocycles. The molecule has 0 radical (unpaired) electrons. The molecule has 4 nitrogen and oxygen atoms in total. The fourth-order valence-corrected chi connectivity index (χ4v) is 2.96. The lowest BCUT2D eigenvalue weighted by molar-refractivity contribution is 0.00684. The van der Waals surface area contributed by atoms with Gasteiger partial charge in [-0.25, -0.2) is 13.2 Å². The van der Waals surface area contributed by atoms with Crippen LogP contribution < -0.4 is 0 Å². The van der Waals surface area contributed by atoms with Gasteiger partial charge in [-0.05, 0) is 45.4 Å². The van der Waals surface area contributed by atoms with Crippen molar-refractivity contribution in [3.8, 4) is 0 Å². The van der Waals surface area contributed by atoms with Crippen LogP contribution in [0.15, 0.2) is 17.0 Å². The van der Waals surface area contributed by atoms with Crippen LogP contribution in [0.4, 0.5) is 0 Å². The van der Waals surface area contributed by atoms with Gasteiger partial charge in [0.05, 0.1) is 10.5 Å². The van der Waals surface area contributed by atoms with Gasteiger partial charge < -0.3 is 4.74 Å². The van der Waals surface area contributed by atoms with Gasteiger partial charge in [-0.1, -0.05) is 11.6 Å². The normalized spacial score (nSPS) is 12.3. The molecule has 0 heterocycles. The zero-order valence-corrected chi connectivity index (χ0v) is 13.3. The first kappa shape index (κ1) is 16.3. The fourth-order valence-electron chi connectivity index (χ4n) is 1.45. The summed E-state index contributed by atoms with van der Waals surface area (Å²) in [6.45, 7) is 6.61. The summed E-state index contributed by atoms with van der Waals surface area (Å²) in [6.07, 6.45) is 0. The summed E-state index contributed by atoms with van der Waals surface area (Å²) in [7, 11) is 1.33. The van der Waals surface area contributed by atoms with E-state index in [0.29, 0.717) is 0 Å². The standard InChI is InChI=1S/C12H14Cl2O4S/c1-7-9(11(15)18-12(2,3)4)5-8(13)6-10(7)19(14,16)17/h5-6H,1-4H3. The van der Waals surface area contributed by atoms with Gasteiger partial charge in [-0.15, -0.1) is 0 Å². The summed E-state index contributed by atoms with van der Waals surface area (Å²) in [5, 5.41) is 0.102. The van der Waals surface area contributed by atoms with Crippen LogP contribution in [-0.4, -0.2) is 20.0 Å². The minimum Gasteiger partial charge on any atom is -0.456 e. The second-order valence-corrected chi connectivity index (χ2v) is 7.99. The molecular weight excluding hydrogens is 311 g/mol. The second-order valence-electron chi connectivity index (χ2n) is 5.02. The Balaban J connectivity index is 3.38. The van der Waals surface area contributed by atoms with E-state index in [2.05, 4.69) is 0 Å². The maximum Gasteiger partial charge on any atom is 0.339 e. The lowest BCUT2D eigenvalue weighted by Gasteiger charge is -2.20. The predicted octanol–water partition coefficient (Wildman–Crippen LogP) is 3.53. The largest absolute Gasteiger partial charge is 0.456 e. The van der Waals surface area contributed by atoms with E-state index in [0.717, 1.165) is 0 Å². The molecule has 0 spiro atoms. The Morgan fingerprint density at radius 3 is 2.21 bits per heavy atom. The Hall–Kier alpha value is -0.780. The lowest BCUT2D eigenvalue weighted by atomic mass is 10.1. The highest BCUT2D eigenvalue weighted by Crippen LogP contribution is 2.28. The van der Waals surface area contributed by atoms with Crippen LogP contribution in [0.2, 0.25) is 5.02 Å². The highest BCUT2D eigenvalue weighted by Gasteiger charge is 2.24. The monoisotopic (exact) mass is 324 g/mol. The summed E-state index contributed by atoms with van der Waals surface area (Å²) >= 11 is 5.81. The number of hydrogen-bond donors (Lipinski definition) is 0. The average molecular weight is 325 g/mol. The van der Waals surface area contributed by atoms with E-state index < -0.39 is 20.6 Å². The van der Waals surface area contributed by atoms with Crippen LogP contribution in [0.3, 0.4) is 0 Å². The highest BCUT2D eigenvalue weighted by molar-refractivity contribution is 8.13. The molecule has 0 aliphatic carbocycles. The first-order valence-electron chi connectivity index (χ1n) is 5.40. The van der Waals surface area contributed by atoms with Gasteiger partial charge in [0, 0.05) is 15.7 Å². The number of benzene rings is 1. The molecule has 0 aromatic heterocycles. The van der Waals surface area contributed by atoms with Gasteiger partial charge in [0.15, 0.2) is 0 Å². The topological polar surface area (TPSA) is 60.4 Å². The smallest absolute Gasteiger partial charge is 0.339 e. The van der Waals surface area contributed by atoms with Crippen molar-refractivity contribution in [3.05, 3.63) is 28.3 Å². The fraction of sp³-hybridized carbons (Fsp3) is 0.417. The Kier molecular flexibility index (Phi) is 4.55. The Morgan fingerprint density at radius 1 is 1.26 bits per heavy atom. The molecule has 0 fully saturated rings. The van der Waals surface area contributed by atoms with Crippen LogP contribution in [-0.2, 0) is 13.8 Å². The summed E-state index contributed by atoms with van der Waals surface area (Å²) in [5.74, 6) is -0.644. The van der Waals surface area contributed by atoms with Gasteiger partial charge in [-0.3, -0.25) is 0 Å². The van der Waals surface area contributed by atoms with Crippen LogP contribution in [0.5, 0.6) is 0 Å². The number of halogens is 2. The average Bonchev–Trinajstić information content (AvgIpc) is 2.16. The number of rotatable bonds is 2. The predicted molar refractivity (Wildman–Crippen MR) is 74.4 cm³/mol. The highest BCUT2D eigenvalue weighted by atomic mass is 35.7. The van der Waals surface area contributed by atoms with Crippen LogP contribution in [0, 0.1) is 6.92 Å². The van der Waals surface area contributed by atoms with Crippen LogP contribution in [0.25, 0.3) is 0 Å². The molecule has 0 atom stereocenters. The van der Waals surface area contributed by atoms with Gasteiger partial charge >= 0.3 is 5.97 Å². The van der Waals surface area contributed by atoms with Gasteiger partial charge in [0.25, 0.3) is 9.05 Å². The number of hydrogen-bond acceptors (Lipinski definition) is 4. The van der Waals surface area contributed by atoms with Gasteiger partial charge in [0.2, 0.25) is 0 Å². The van der Waals surface area contributed by atoms with Crippen molar-refractivity contribution in [3.63, 3.8) is 0 Å². The molecular formula is C12H14Cl2O4S. The van der Waals surface area contributed by atoms with E-state index >= 15 is 0 Å². The molecule has 0 saturated heterocycles. The van der Waals surface area contributed by atoms with Crippen molar-refractivity contribution in [2.24, 2.45) is 0 Å². The molecule has 1 rings (SSSR count). The molecule has 0 aliphatic heterocycles. The van der Waals surface area contributed by atoms with Crippen molar-refractivity contribution in [2.75, 3.05) is 0 Å². The summed E-state index contributed by atoms with van der Waals surface area (Å²) in [6, 6.07) is 2.56. The molecule has 0 bridgehead atoms. The molecule has 0 N–H and O–H groups in total. The van der Waals surface area contributed by atoms with Gasteiger partial charge in [0.1, 0.15) is 5.60 Å². The minimum atomic E-state index is -3.98. The van der Waals surface area contributed by atoms with Crippen molar-refractivity contribution in [2.45, 2.75) is 38.2 Å². The second kappa shape index (κ2) is 5.31. The maximum atomic E-state index is 12.0. The van der Waals surface area contributed by atoms with Crippen molar-refractivity contribution < 1.29 is 17.9 Å². The molecule has 0 amide bonds. The lowest BCUT2D eigenvalue weighted by Crippen LogP contribution is -2.24. The SMILES string of the molecule is Cc1c(C(=O)OC(C)(C)C)cc(Cl)cc1S(=O)(=O)Cl. The van der Waals surface area contributed by atoms with Crippen LogP contribution in [0.1, 0.15) is 36.7 Å². The Morgan fingerprint density at radius 2 is 1.79 bits per heavy atom. The Labute approximate surface area is 122 Å². The number of carbonyl (C=O) groups excluding carboxylic acids is 1. The number of esters is 1. The van der Waals surface area contributed by atoms with Crippen molar-refractivity contribution >= 4 is 37.3 Å². The molecule has 0 saturated carbocycles. The van der Waals surface area contributed by atoms with E-state index in [1.807, 2.05) is 0 Å².